The van der Waals surface area contributed by atoms with Crippen molar-refractivity contribution >= 4 is 5.97 Å². The van der Waals surface area contributed by atoms with Crippen LogP contribution in [0.4, 0.5) is 0 Å². The van der Waals surface area contributed by atoms with Crippen molar-refractivity contribution in [3.05, 3.63) is 0 Å². The molecule has 0 saturated carbocycles. The first-order valence-electron chi connectivity index (χ1n) is 3.83. The van der Waals surface area contributed by atoms with Gasteiger partial charge in [-0.2, -0.15) is 0 Å². The summed E-state index contributed by atoms with van der Waals surface area (Å²) >= 11 is 0. The molecule has 0 radical (unpaired) electrons. The van der Waals surface area contributed by atoms with Crippen LogP contribution < -0.4 is 0 Å². The van der Waals surface area contributed by atoms with Crippen LogP contribution >= 0.6 is 0 Å². The van der Waals surface area contributed by atoms with Crippen molar-refractivity contribution in [2.24, 2.45) is 0 Å². The molecule has 1 rings (SSSR count). The molecule has 76 valence electrons. The third-order valence-corrected chi connectivity index (χ3v) is 1.90. The Morgan fingerprint density at radius 2 is 2.31 bits per heavy atom. The Labute approximate surface area is 74.7 Å². The lowest BCUT2D eigenvalue weighted by atomic mass is 10.1. The molecule has 6 heteroatoms. The van der Waals surface area contributed by atoms with Gasteiger partial charge in [0.1, 0.15) is 12.2 Å². The van der Waals surface area contributed by atoms with Crippen molar-refractivity contribution in [3.8, 4) is 0 Å². The number of carboxylic acids is 1. The van der Waals surface area contributed by atoms with Crippen LogP contribution in [0.3, 0.4) is 0 Å². The fourth-order valence-corrected chi connectivity index (χ4v) is 1.02. The highest BCUT2D eigenvalue weighted by Gasteiger charge is 2.44. The first-order valence-corrected chi connectivity index (χ1v) is 3.83. The van der Waals surface area contributed by atoms with E-state index in [4.69, 9.17) is 19.7 Å². The molecule has 1 aliphatic rings. The van der Waals surface area contributed by atoms with E-state index in [9.17, 15) is 9.90 Å². The maximum atomic E-state index is 10.6. The number of aliphatic hydroxyl groups excluding tert-OH is 2. The number of carbonyl (C=O) groups is 1. The average molecular weight is 192 g/mol. The molecule has 0 unspecified atom stereocenters. The lowest BCUT2D eigenvalue weighted by molar-refractivity contribution is -0.308. The van der Waals surface area contributed by atoms with Gasteiger partial charge in [0.05, 0.1) is 13.2 Å². The van der Waals surface area contributed by atoms with E-state index in [-0.39, 0.29) is 6.61 Å². The standard InChI is InChI=1S/C7H12O6/c1-7(6(10)11)12-3-4(9)5(2-8)13-7/h4-5,8-9H,2-3H2,1H3,(H,10,11)/t4-,5-,7-/m1/s1. The Morgan fingerprint density at radius 1 is 1.69 bits per heavy atom. The molecule has 0 spiro atoms. The van der Waals surface area contributed by atoms with Crippen LogP contribution in [0.1, 0.15) is 6.92 Å². The van der Waals surface area contributed by atoms with Crippen molar-refractivity contribution < 1.29 is 29.6 Å². The third kappa shape index (κ3) is 1.97. The predicted octanol–water partition coefficient (Wildman–Crippen LogP) is -1.44. The largest absolute Gasteiger partial charge is 0.477 e. The second-order valence-electron chi connectivity index (χ2n) is 2.97. The first kappa shape index (κ1) is 10.4. The van der Waals surface area contributed by atoms with Gasteiger partial charge in [0.2, 0.25) is 0 Å². The zero-order chi connectivity index (χ0) is 10.1. The Morgan fingerprint density at radius 3 is 2.77 bits per heavy atom. The summed E-state index contributed by atoms with van der Waals surface area (Å²) in [5.41, 5.74) is 0. The minimum absolute atomic E-state index is 0.159. The molecule has 0 aromatic heterocycles. The average Bonchev–Trinajstić information content (AvgIpc) is 2.09. The van der Waals surface area contributed by atoms with Gasteiger partial charge in [-0.3, -0.25) is 0 Å². The summed E-state index contributed by atoms with van der Waals surface area (Å²) in [6, 6.07) is 0. The molecule has 3 atom stereocenters. The van der Waals surface area contributed by atoms with Gasteiger partial charge in [-0.25, -0.2) is 4.79 Å². The predicted molar refractivity (Wildman–Crippen MR) is 40.0 cm³/mol. The Kier molecular flexibility index (Phi) is 2.87. The van der Waals surface area contributed by atoms with Crippen molar-refractivity contribution in [2.45, 2.75) is 24.9 Å². The molecule has 1 heterocycles. The molecule has 0 aliphatic carbocycles. The topological polar surface area (TPSA) is 96.2 Å². The van der Waals surface area contributed by atoms with Gasteiger partial charge >= 0.3 is 5.97 Å². The summed E-state index contributed by atoms with van der Waals surface area (Å²) in [5, 5.41) is 26.6. The summed E-state index contributed by atoms with van der Waals surface area (Å²) in [5.74, 6) is -3.05. The number of rotatable bonds is 2. The second-order valence-corrected chi connectivity index (χ2v) is 2.97. The Balaban J connectivity index is 2.69. The number of aliphatic carboxylic acids is 1. The van der Waals surface area contributed by atoms with E-state index in [1.54, 1.807) is 0 Å². The lowest BCUT2D eigenvalue weighted by Crippen LogP contribution is -2.55. The molecule has 1 saturated heterocycles. The summed E-state index contributed by atoms with van der Waals surface area (Å²) in [7, 11) is 0. The Hall–Kier alpha value is -0.690. The SMILES string of the molecule is C[C@@]1(C(=O)O)OC[C@@H](O)[C@@H](CO)O1. The molecule has 0 aromatic carbocycles. The van der Waals surface area contributed by atoms with E-state index >= 15 is 0 Å². The van der Waals surface area contributed by atoms with E-state index in [1.165, 1.54) is 6.92 Å². The van der Waals surface area contributed by atoms with Gasteiger partial charge in [-0.05, 0) is 0 Å². The van der Waals surface area contributed by atoms with Gasteiger partial charge in [-0.1, -0.05) is 0 Å². The van der Waals surface area contributed by atoms with Crippen molar-refractivity contribution in [2.75, 3.05) is 13.2 Å². The Bertz CT molecular complexity index is 205. The fourth-order valence-electron chi connectivity index (χ4n) is 1.02. The van der Waals surface area contributed by atoms with Crippen LogP contribution in [-0.4, -0.2) is 52.5 Å². The first-order chi connectivity index (χ1) is 5.99. The highest BCUT2D eigenvalue weighted by Crippen LogP contribution is 2.22. The van der Waals surface area contributed by atoms with E-state index in [1.807, 2.05) is 0 Å². The second kappa shape index (κ2) is 3.59. The van der Waals surface area contributed by atoms with Crippen molar-refractivity contribution in [1.29, 1.82) is 0 Å². The molecule has 1 fully saturated rings. The van der Waals surface area contributed by atoms with E-state index in [0.29, 0.717) is 0 Å². The molecule has 13 heavy (non-hydrogen) atoms. The minimum Gasteiger partial charge on any atom is -0.477 e. The van der Waals surface area contributed by atoms with Crippen LogP contribution in [0.15, 0.2) is 0 Å². The normalized spacial score (nSPS) is 40.2. The molecule has 1 aliphatic heterocycles. The summed E-state index contributed by atoms with van der Waals surface area (Å²) in [6.45, 7) is 0.630. The fraction of sp³-hybridized carbons (Fsp3) is 0.857. The maximum Gasteiger partial charge on any atom is 0.364 e. The van der Waals surface area contributed by atoms with E-state index < -0.39 is 30.6 Å². The number of ether oxygens (including phenoxy) is 2. The van der Waals surface area contributed by atoms with E-state index in [2.05, 4.69) is 0 Å². The van der Waals surface area contributed by atoms with Gasteiger partial charge in [-0.15, -0.1) is 0 Å². The monoisotopic (exact) mass is 192 g/mol. The molecule has 0 amide bonds. The summed E-state index contributed by atoms with van der Waals surface area (Å²) in [4.78, 5) is 10.6. The quantitative estimate of drug-likeness (QED) is 0.495. The molecule has 3 N–H and O–H groups in total. The number of carboxylic acid groups (broad SMARTS) is 1. The number of hydrogen-bond donors (Lipinski definition) is 3. The lowest BCUT2D eigenvalue weighted by Gasteiger charge is -2.37. The number of hydrogen-bond acceptors (Lipinski definition) is 5. The summed E-state index contributed by atoms with van der Waals surface area (Å²) < 4.78 is 9.66. The van der Waals surface area contributed by atoms with E-state index in [0.717, 1.165) is 0 Å². The van der Waals surface area contributed by atoms with Gasteiger partial charge in [0.25, 0.3) is 5.79 Å². The smallest absolute Gasteiger partial charge is 0.364 e. The zero-order valence-corrected chi connectivity index (χ0v) is 7.14. The van der Waals surface area contributed by atoms with Crippen LogP contribution in [0.2, 0.25) is 0 Å². The van der Waals surface area contributed by atoms with Crippen LogP contribution in [-0.2, 0) is 14.3 Å². The van der Waals surface area contributed by atoms with Crippen LogP contribution in [0, 0.1) is 0 Å². The minimum atomic E-state index is -1.77. The van der Waals surface area contributed by atoms with Gasteiger partial charge in [0.15, 0.2) is 0 Å². The molecule has 0 bridgehead atoms. The zero-order valence-electron chi connectivity index (χ0n) is 7.14. The molecular weight excluding hydrogens is 180 g/mol. The van der Waals surface area contributed by atoms with Gasteiger partial charge in [0, 0.05) is 6.92 Å². The van der Waals surface area contributed by atoms with Crippen molar-refractivity contribution in [1.82, 2.24) is 0 Å². The highest BCUT2D eigenvalue weighted by molar-refractivity contribution is 5.75. The molecule has 0 aromatic rings. The van der Waals surface area contributed by atoms with Crippen molar-refractivity contribution in [3.63, 3.8) is 0 Å². The van der Waals surface area contributed by atoms with Crippen LogP contribution in [0.5, 0.6) is 0 Å². The molecule has 6 nitrogen and oxygen atoms in total. The maximum absolute atomic E-state index is 10.6. The summed E-state index contributed by atoms with van der Waals surface area (Å²) in [6.07, 6.45) is -1.90. The molecular formula is C7H12O6. The highest BCUT2D eigenvalue weighted by atomic mass is 16.7. The number of aliphatic hydroxyl groups is 2. The van der Waals surface area contributed by atoms with Gasteiger partial charge < -0.3 is 24.8 Å². The van der Waals surface area contributed by atoms with Crippen LogP contribution in [0.25, 0.3) is 0 Å². The third-order valence-electron chi connectivity index (χ3n) is 1.90.